The van der Waals surface area contributed by atoms with Crippen LogP contribution in [0, 0.1) is 6.92 Å². The molecular weight excluding hydrogens is 406 g/mol. The molecule has 154 valence electrons. The van der Waals surface area contributed by atoms with Crippen molar-refractivity contribution in [2.45, 2.75) is 6.92 Å². The number of hydrazone groups is 1. The van der Waals surface area contributed by atoms with Crippen molar-refractivity contribution < 1.29 is 14.3 Å². The van der Waals surface area contributed by atoms with Crippen molar-refractivity contribution in [1.82, 2.24) is 20.5 Å². The number of nitrogens with zero attached hydrogens (tertiary/aromatic N) is 3. The van der Waals surface area contributed by atoms with Crippen LogP contribution in [0.2, 0.25) is 5.15 Å². The quantitative estimate of drug-likeness (QED) is 0.449. The number of aromatic nitrogens is 2. The van der Waals surface area contributed by atoms with E-state index in [2.05, 4.69) is 20.9 Å². The van der Waals surface area contributed by atoms with Gasteiger partial charge in [0.25, 0.3) is 11.8 Å². The van der Waals surface area contributed by atoms with E-state index < -0.39 is 11.8 Å². The third-order valence-corrected chi connectivity index (χ3v) is 4.54. The van der Waals surface area contributed by atoms with Crippen molar-refractivity contribution >= 4 is 29.6 Å². The molecule has 0 aliphatic rings. The molecular formula is C21H20ClN5O3. The average molecular weight is 426 g/mol. The number of hydrogen-bond donors (Lipinski definition) is 2. The summed E-state index contributed by atoms with van der Waals surface area (Å²) in [6.07, 6.45) is 1.42. The lowest BCUT2D eigenvalue weighted by atomic mass is 10.2. The molecule has 0 fully saturated rings. The summed E-state index contributed by atoms with van der Waals surface area (Å²) in [6.45, 7) is 1.56. The maximum atomic E-state index is 12.1. The first kappa shape index (κ1) is 21.1. The minimum Gasteiger partial charge on any atom is -0.497 e. The molecule has 0 bridgehead atoms. The predicted octanol–water partition coefficient (Wildman–Crippen LogP) is 2.72. The van der Waals surface area contributed by atoms with Crippen LogP contribution >= 0.6 is 11.6 Å². The van der Waals surface area contributed by atoms with E-state index in [1.54, 1.807) is 35.9 Å². The summed E-state index contributed by atoms with van der Waals surface area (Å²) in [5, 5.41) is 11.2. The lowest BCUT2D eigenvalue weighted by molar-refractivity contribution is -0.120. The average Bonchev–Trinajstić information content (AvgIpc) is 3.06. The van der Waals surface area contributed by atoms with Crippen LogP contribution < -0.4 is 15.5 Å². The van der Waals surface area contributed by atoms with E-state index in [1.807, 2.05) is 30.3 Å². The van der Waals surface area contributed by atoms with E-state index in [1.165, 1.54) is 13.3 Å². The molecule has 2 N–H and O–H groups in total. The molecule has 1 aromatic heterocycles. The number of nitrogens with one attached hydrogen (secondary N) is 2. The standard InChI is InChI=1S/C21H20ClN5O3/c1-14-18(20(22)27(26-14)16-8-4-3-5-9-16)12-24-25-19(28)13-23-21(29)15-7-6-10-17(11-15)30-2/h3-12H,13H2,1-2H3,(H,23,29)(H,25,28). The molecule has 2 amide bonds. The number of ether oxygens (including phenoxy) is 1. The highest BCUT2D eigenvalue weighted by Gasteiger charge is 2.13. The molecule has 2 aromatic carbocycles. The molecule has 3 rings (SSSR count). The molecule has 0 atom stereocenters. The van der Waals surface area contributed by atoms with E-state index in [-0.39, 0.29) is 6.54 Å². The largest absolute Gasteiger partial charge is 0.497 e. The Balaban J connectivity index is 1.57. The maximum absolute atomic E-state index is 12.1. The zero-order chi connectivity index (χ0) is 21.5. The molecule has 0 radical (unpaired) electrons. The number of amides is 2. The van der Waals surface area contributed by atoms with Gasteiger partial charge < -0.3 is 10.1 Å². The minimum absolute atomic E-state index is 0.233. The summed E-state index contributed by atoms with van der Waals surface area (Å²) >= 11 is 6.40. The van der Waals surface area contributed by atoms with Gasteiger partial charge in [-0.25, -0.2) is 10.1 Å². The SMILES string of the molecule is COc1cccc(C(=O)NCC(=O)NN=Cc2c(C)nn(-c3ccccc3)c2Cl)c1. The minimum atomic E-state index is -0.480. The van der Waals surface area contributed by atoms with Gasteiger partial charge in [0.2, 0.25) is 0 Å². The van der Waals surface area contributed by atoms with E-state index in [9.17, 15) is 9.59 Å². The van der Waals surface area contributed by atoms with Gasteiger partial charge >= 0.3 is 0 Å². The van der Waals surface area contributed by atoms with Crippen molar-refractivity contribution in [3.63, 3.8) is 0 Å². The Kier molecular flexibility index (Phi) is 6.82. The summed E-state index contributed by atoms with van der Waals surface area (Å²) in [6, 6.07) is 16.1. The third kappa shape index (κ3) is 5.03. The number of hydrogen-bond acceptors (Lipinski definition) is 5. The molecule has 0 saturated heterocycles. The van der Waals surface area contributed by atoms with Gasteiger partial charge in [0.05, 0.1) is 36.8 Å². The smallest absolute Gasteiger partial charge is 0.259 e. The van der Waals surface area contributed by atoms with Crippen molar-refractivity contribution in [2.75, 3.05) is 13.7 Å². The van der Waals surface area contributed by atoms with E-state index in [4.69, 9.17) is 16.3 Å². The summed E-state index contributed by atoms with van der Waals surface area (Å²) in [5.41, 5.74) is 4.81. The van der Waals surface area contributed by atoms with Crippen LogP contribution in [0.3, 0.4) is 0 Å². The van der Waals surface area contributed by atoms with Crippen LogP contribution in [0.5, 0.6) is 5.75 Å². The first-order valence-electron chi connectivity index (χ1n) is 9.04. The molecule has 1 heterocycles. The molecule has 30 heavy (non-hydrogen) atoms. The van der Waals surface area contributed by atoms with Crippen molar-refractivity contribution in [3.8, 4) is 11.4 Å². The first-order chi connectivity index (χ1) is 14.5. The Morgan fingerprint density at radius 2 is 1.97 bits per heavy atom. The fourth-order valence-corrected chi connectivity index (χ4v) is 2.95. The Hall–Kier alpha value is -3.65. The Morgan fingerprint density at radius 1 is 1.20 bits per heavy atom. The zero-order valence-electron chi connectivity index (χ0n) is 16.4. The highest BCUT2D eigenvalue weighted by atomic mass is 35.5. The molecule has 0 aliphatic carbocycles. The number of methoxy groups -OCH3 is 1. The second-order valence-corrected chi connectivity index (χ2v) is 6.60. The van der Waals surface area contributed by atoms with Crippen LogP contribution in [0.25, 0.3) is 5.69 Å². The molecule has 9 heteroatoms. The fraction of sp³-hybridized carbons (Fsp3) is 0.143. The highest BCUT2D eigenvalue weighted by Crippen LogP contribution is 2.21. The molecule has 0 aliphatic heterocycles. The van der Waals surface area contributed by atoms with Gasteiger partial charge in [-0.2, -0.15) is 10.2 Å². The van der Waals surface area contributed by atoms with Crippen molar-refractivity contribution in [2.24, 2.45) is 5.10 Å². The van der Waals surface area contributed by atoms with E-state index in [0.29, 0.717) is 27.7 Å². The van der Waals surface area contributed by atoms with Gasteiger partial charge in [0.15, 0.2) is 0 Å². The Labute approximate surface area is 178 Å². The second-order valence-electron chi connectivity index (χ2n) is 6.25. The van der Waals surface area contributed by atoms with Gasteiger partial charge in [-0.05, 0) is 37.3 Å². The number of rotatable bonds is 7. The highest BCUT2D eigenvalue weighted by molar-refractivity contribution is 6.32. The maximum Gasteiger partial charge on any atom is 0.259 e. The van der Waals surface area contributed by atoms with Gasteiger partial charge in [0, 0.05) is 5.56 Å². The van der Waals surface area contributed by atoms with Crippen LogP contribution in [-0.4, -0.2) is 41.5 Å². The second kappa shape index (κ2) is 9.71. The number of carbonyl (C=O) groups is 2. The number of halogens is 1. The number of para-hydroxylation sites is 1. The number of aryl methyl sites for hydroxylation is 1. The third-order valence-electron chi connectivity index (χ3n) is 4.17. The van der Waals surface area contributed by atoms with Gasteiger partial charge in [0.1, 0.15) is 10.9 Å². The lowest BCUT2D eigenvalue weighted by Gasteiger charge is -2.06. The first-order valence-corrected chi connectivity index (χ1v) is 9.42. The number of carbonyl (C=O) groups excluding carboxylic acids is 2. The molecule has 0 spiro atoms. The molecule has 8 nitrogen and oxygen atoms in total. The van der Waals surface area contributed by atoms with E-state index in [0.717, 1.165) is 5.69 Å². The summed E-state index contributed by atoms with van der Waals surface area (Å²) < 4.78 is 6.67. The Morgan fingerprint density at radius 3 is 2.70 bits per heavy atom. The van der Waals surface area contributed by atoms with Crippen LogP contribution in [0.1, 0.15) is 21.6 Å². The fourth-order valence-electron chi connectivity index (χ4n) is 2.63. The summed E-state index contributed by atoms with van der Waals surface area (Å²) in [7, 11) is 1.51. The summed E-state index contributed by atoms with van der Waals surface area (Å²) in [5.74, 6) is -0.317. The van der Waals surface area contributed by atoms with Crippen LogP contribution in [-0.2, 0) is 4.79 Å². The van der Waals surface area contributed by atoms with Gasteiger partial charge in [-0.3, -0.25) is 9.59 Å². The molecule has 3 aromatic rings. The van der Waals surface area contributed by atoms with Gasteiger partial charge in [-0.15, -0.1) is 0 Å². The summed E-state index contributed by atoms with van der Waals surface area (Å²) in [4.78, 5) is 24.1. The zero-order valence-corrected chi connectivity index (χ0v) is 17.2. The normalized spacial score (nSPS) is 10.8. The molecule has 0 unspecified atom stereocenters. The topological polar surface area (TPSA) is 97.6 Å². The van der Waals surface area contributed by atoms with E-state index >= 15 is 0 Å². The van der Waals surface area contributed by atoms with Crippen molar-refractivity contribution in [3.05, 3.63) is 76.6 Å². The monoisotopic (exact) mass is 425 g/mol. The number of benzene rings is 2. The van der Waals surface area contributed by atoms with Gasteiger partial charge in [-0.1, -0.05) is 35.9 Å². The predicted molar refractivity (Wildman–Crippen MR) is 114 cm³/mol. The molecule has 0 saturated carbocycles. The van der Waals surface area contributed by atoms with Crippen LogP contribution in [0.15, 0.2) is 59.7 Å². The van der Waals surface area contributed by atoms with Crippen molar-refractivity contribution in [1.29, 1.82) is 0 Å². The lowest BCUT2D eigenvalue weighted by Crippen LogP contribution is -2.34. The Bertz CT molecular complexity index is 1080. The van der Waals surface area contributed by atoms with Crippen LogP contribution in [0.4, 0.5) is 0 Å².